The summed E-state index contributed by atoms with van der Waals surface area (Å²) in [5, 5.41) is 13.7. The van der Waals surface area contributed by atoms with Crippen molar-refractivity contribution in [3.05, 3.63) is 95.6 Å². The van der Waals surface area contributed by atoms with Crippen molar-refractivity contribution in [1.29, 1.82) is 0 Å². The molecule has 1 aliphatic heterocycles. The molecule has 5 aromatic rings. The molecule has 1 saturated heterocycles. The minimum atomic E-state index is -0.276. The average molecular weight is 516 g/mol. The van der Waals surface area contributed by atoms with Gasteiger partial charge in [0.15, 0.2) is 11.0 Å². The van der Waals surface area contributed by atoms with E-state index in [-0.39, 0.29) is 11.9 Å². The molecule has 0 saturated carbocycles. The number of anilines is 1. The molecular formula is C27H26FN7OS. The Bertz CT molecular complexity index is 1460. The maximum Gasteiger partial charge on any atom is 0.186 e. The number of thiazole rings is 1. The van der Waals surface area contributed by atoms with E-state index in [2.05, 4.69) is 31.4 Å². The van der Waals surface area contributed by atoms with E-state index in [9.17, 15) is 4.39 Å². The van der Waals surface area contributed by atoms with Crippen LogP contribution in [0.15, 0.2) is 72.8 Å². The van der Waals surface area contributed by atoms with Gasteiger partial charge >= 0.3 is 0 Å². The molecule has 1 aliphatic rings. The molecule has 188 valence electrons. The SMILES string of the molecule is COc1ccc(Cn2nnnc2[C@@H](c2cccc(F)c2)N2CCN(c3nc4ccccc4s3)CC2)cc1. The lowest BCUT2D eigenvalue weighted by atomic mass is 10.0. The second-order valence-corrected chi connectivity index (χ2v) is 10.00. The molecule has 0 amide bonds. The van der Waals surface area contributed by atoms with Crippen molar-refractivity contribution in [3.8, 4) is 5.75 Å². The zero-order valence-corrected chi connectivity index (χ0v) is 21.2. The largest absolute Gasteiger partial charge is 0.497 e. The van der Waals surface area contributed by atoms with E-state index in [4.69, 9.17) is 9.72 Å². The first-order valence-corrected chi connectivity index (χ1v) is 13.0. The smallest absolute Gasteiger partial charge is 0.186 e. The van der Waals surface area contributed by atoms with Crippen LogP contribution < -0.4 is 9.64 Å². The van der Waals surface area contributed by atoms with Gasteiger partial charge in [0.2, 0.25) is 0 Å². The van der Waals surface area contributed by atoms with Gasteiger partial charge in [0, 0.05) is 26.2 Å². The first kappa shape index (κ1) is 23.5. The van der Waals surface area contributed by atoms with E-state index in [0.29, 0.717) is 12.4 Å². The molecule has 1 fully saturated rings. The number of halogens is 1. The number of tetrazole rings is 1. The lowest BCUT2D eigenvalue weighted by Crippen LogP contribution is -2.48. The highest BCUT2D eigenvalue weighted by molar-refractivity contribution is 7.22. The van der Waals surface area contributed by atoms with Crippen molar-refractivity contribution in [3.63, 3.8) is 0 Å². The first-order chi connectivity index (χ1) is 18.2. The van der Waals surface area contributed by atoms with Gasteiger partial charge in [0.25, 0.3) is 0 Å². The van der Waals surface area contributed by atoms with E-state index in [1.165, 1.54) is 10.8 Å². The molecule has 10 heteroatoms. The van der Waals surface area contributed by atoms with Crippen LogP contribution in [-0.4, -0.2) is 63.4 Å². The Morgan fingerprint density at radius 3 is 2.54 bits per heavy atom. The van der Waals surface area contributed by atoms with Crippen LogP contribution in [0.5, 0.6) is 5.75 Å². The molecule has 0 spiro atoms. The van der Waals surface area contributed by atoms with Crippen molar-refractivity contribution < 1.29 is 9.13 Å². The zero-order chi connectivity index (χ0) is 25.2. The Kier molecular flexibility index (Phi) is 6.50. The normalized spacial score (nSPS) is 15.2. The maximum atomic E-state index is 14.3. The van der Waals surface area contributed by atoms with Crippen LogP contribution in [0.1, 0.15) is 23.0 Å². The monoisotopic (exact) mass is 515 g/mol. The first-order valence-electron chi connectivity index (χ1n) is 12.2. The van der Waals surface area contributed by atoms with Gasteiger partial charge in [-0.2, -0.15) is 0 Å². The molecule has 8 nitrogen and oxygen atoms in total. The number of para-hydroxylation sites is 1. The minimum Gasteiger partial charge on any atom is -0.497 e. The predicted molar refractivity (Wildman–Crippen MR) is 142 cm³/mol. The van der Waals surface area contributed by atoms with Crippen molar-refractivity contribution in [2.45, 2.75) is 12.6 Å². The van der Waals surface area contributed by atoms with Crippen LogP contribution in [0.2, 0.25) is 0 Å². The van der Waals surface area contributed by atoms with Crippen molar-refractivity contribution in [2.24, 2.45) is 0 Å². The number of aromatic nitrogens is 5. The molecule has 1 atom stereocenters. The fourth-order valence-corrected chi connectivity index (χ4v) is 5.81. The second-order valence-electron chi connectivity index (χ2n) is 8.99. The summed E-state index contributed by atoms with van der Waals surface area (Å²) >= 11 is 1.72. The quantitative estimate of drug-likeness (QED) is 0.318. The minimum absolute atomic E-state index is 0.273. The molecule has 2 aromatic heterocycles. The fourth-order valence-electron chi connectivity index (χ4n) is 4.79. The predicted octanol–water partition coefficient (Wildman–Crippen LogP) is 4.39. The van der Waals surface area contributed by atoms with Gasteiger partial charge < -0.3 is 9.64 Å². The number of hydrogen-bond acceptors (Lipinski definition) is 8. The van der Waals surface area contributed by atoms with E-state index in [1.807, 2.05) is 48.5 Å². The Morgan fingerprint density at radius 2 is 1.78 bits per heavy atom. The van der Waals surface area contributed by atoms with Gasteiger partial charge in [-0.1, -0.05) is 47.7 Å². The molecule has 6 rings (SSSR count). The molecular weight excluding hydrogens is 489 g/mol. The van der Waals surface area contributed by atoms with Gasteiger partial charge in [0.05, 0.1) is 29.9 Å². The summed E-state index contributed by atoms with van der Waals surface area (Å²) in [5.41, 5.74) is 2.91. The molecule has 0 bridgehead atoms. The van der Waals surface area contributed by atoms with Crippen LogP contribution in [0.25, 0.3) is 10.2 Å². The van der Waals surface area contributed by atoms with Gasteiger partial charge in [0.1, 0.15) is 11.6 Å². The standard InChI is InChI=1S/C27H26FN7OS/c1-36-22-11-9-19(10-12-22)18-35-26(30-31-32-35)25(20-5-4-6-21(28)17-20)33-13-15-34(16-14-33)27-29-23-7-2-3-8-24(23)37-27/h2-12,17,25H,13-16,18H2,1H3/t25-/m1/s1. The number of ether oxygens (including phenoxy) is 1. The third kappa shape index (κ3) is 4.90. The Balaban J connectivity index is 1.27. The third-order valence-corrected chi connectivity index (χ3v) is 7.79. The number of hydrogen-bond donors (Lipinski definition) is 0. The average Bonchev–Trinajstić information content (AvgIpc) is 3.57. The number of fused-ring (bicyclic) bond motifs is 1. The van der Waals surface area contributed by atoms with Crippen molar-refractivity contribution in [2.75, 3.05) is 38.2 Å². The number of rotatable bonds is 7. The van der Waals surface area contributed by atoms with E-state index in [1.54, 1.807) is 35.3 Å². The highest BCUT2D eigenvalue weighted by Crippen LogP contribution is 2.32. The Hall–Kier alpha value is -3.89. The van der Waals surface area contributed by atoms with E-state index < -0.39 is 0 Å². The van der Waals surface area contributed by atoms with Crippen LogP contribution in [-0.2, 0) is 6.54 Å². The molecule has 0 N–H and O–H groups in total. The Labute approximate surface area is 217 Å². The van der Waals surface area contributed by atoms with Crippen LogP contribution in [0, 0.1) is 5.82 Å². The number of benzene rings is 3. The molecule has 0 radical (unpaired) electrons. The third-order valence-electron chi connectivity index (χ3n) is 6.69. The summed E-state index contributed by atoms with van der Waals surface area (Å²) in [4.78, 5) is 9.48. The molecule has 0 unspecified atom stereocenters. The highest BCUT2D eigenvalue weighted by atomic mass is 32.1. The van der Waals surface area contributed by atoms with Crippen molar-refractivity contribution >= 4 is 26.7 Å². The highest BCUT2D eigenvalue weighted by Gasteiger charge is 2.31. The zero-order valence-electron chi connectivity index (χ0n) is 20.4. The molecule has 3 aromatic carbocycles. The molecule has 3 heterocycles. The summed E-state index contributed by atoms with van der Waals surface area (Å²) < 4.78 is 22.6. The van der Waals surface area contributed by atoms with Gasteiger partial charge in [-0.05, 0) is 58.0 Å². The summed E-state index contributed by atoms with van der Waals surface area (Å²) in [6, 6.07) is 22.5. The number of nitrogens with zero attached hydrogens (tertiary/aromatic N) is 7. The fraction of sp³-hybridized carbons (Fsp3) is 0.259. The van der Waals surface area contributed by atoms with Crippen LogP contribution in [0.3, 0.4) is 0 Å². The van der Waals surface area contributed by atoms with Gasteiger partial charge in [-0.3, -0.25) is 4.90 Å². The summed E-state index contributed by atoms with van der Waals surface area (Å²) in [6.07, 6.45) is 0. The number of piperazine rings is 1. The van der Waals surface area contributed by atoms with E-state index >= 15 is 0 Å². The maximum absolute atomic E-state index is 14.3. The van der Waals surface area contributed by atoms with E-state index in [0.717, 1.165) is 53.7 Å². The van der Waals surface area contributed by atoms with Gasteiger partial charge in [-0.25, -0.2) is 14.1 Å². The summed E-state index contributed by atoms with van der Waals surface area (Å²) in [5.74, 6) is 1.21. The van der Waals surface area contributed by atoms with Crippen LogP contribution >= 0.6 is 11.3 Å². The summed E-state index contributed by atoms with van der Waals surface area (Å²) in [6.45, 7) is 3.67. The number of methoxy groups -OCH3 is 1. The second kappa shape index (κ2) is 10.2. The topological polar surface area (TPSA) is 72.2 Å². The molecule has 37 heavy (non-hydrogen) atoms. The lowest BCUT2D eigenvalue weighted by molar-refractivity contribution is 0.201. The van der Waals surface area contributed by atoms with Crippen molar-refractivity contribution in [1.82, 2.24) is 30.1 Å². The Morgan fingerprint density at radius 1 is 0.973 bits per heavy atom. The van der Waals surface area contributed by atoms with Gasteiger partial charge in [-0.15, -0.1) is 5.10 Å². The lowest BCUT2D eigenvalue weighted by Gasteiger charge is -2.38. The summed E-state index contributed by atoms with van der Waals surface area (Å²) in [7, 11) is 1.65. The molecule has 0 aliphatic carbocycles. The van der Waals surface area contributed by atoms with Crippen LogP contribution in [0.4, 0.5) is 9.52 Å².